The van der Waals surface area contributed by atoms with Crippen LogP contribution < -0.4 is 5.32 Å². The first kappa shape index (κ1) is 14.4. The molecule has 2 rings (SSSR count). The third kappa shape index (κ3) is 4.55. The van der Waals surface area contributed by atoms with Gasteiger partial charge in [0.05, 0.1) is 11.9 Å². The Balaban J connectivity index is 1.77. The number of pyridine rings is 1. The molecule has 1 aromatic rings. The Morgan fingerprint density at radius 1 is 1.32 bits per heavy atom. The van der Waals surface area contributed by atoms with Gasteiger partial charge in [-0.15, -0.1) is 0 Å². The molecule has 4 heteroatoms. The number of halogens is 1. The number of hydrogen-bond acceptors (Lipinski definition) is 3. The third-order valence-corrected chi connectivity index (χ3v) is 3.78. The smallest absolute Gasteiger partial charge is 0.141 e. The summed E-state index contributed by atoms with van der Waals surface area (Å²) in [5, 5.41) is 3.53. The molecule has 0 spiro atoms. The predicted molar refractivity (Wildman–Crippen MR) is 75.5 cm³/mol. The van der Waals surface area contributed by atoms with Crippen LogP contribution in [0.25, 0.3) is 0 Å². The van der Waals surface area contributed by atoms with Crippen molar-refractivity contribution < 1.29 is 4.39 Å². The van der Waals surface area contributed by atoms with Crippen molar-refractivity contribution in [3.05, 3.63) is 29.8 Å². The van der Waals surface area contributed by atoms with E-state index in [-0.39, 0.29) is 11.9 Å². The first-order valence-corrected chi connectivity index (χ1v) is 7.37. The summed E-state index contributed by atoms with van der Waals surface area (Å²) in [4.78, 5) is 6.68. The van der Waals surface area contributed by atoms with Crippen LogP contribution in [-0.2, 0) is 0 Å². The third-order valence-electron chi connectivity index (χ3n) is 3.78. The molecule has 0 radical (unpaired) electrons. The molecule has 3 nitrogen and oxygen atoms in total. The van der Waals surface area contributed by atoms with Gasteiger partial charge >= 0.3 is 0 Å². The van der Waals surface area contributed by atoms with Crippen LogP contribution in [0, 0.1) is 5.82 Å². The molecule has 1 N–H and O–H groups in total. The van der Waals surface area contributed by atoms with Crippen LogP contribution >= 0.6 is 0 Å². The molecule has 1 fully saturated rings. The number of nitrogens with zero attached hydrogens (tertiary/aromatic N) is 2. The average molecular weight is 265 g/mol. The Bertz CT molecular complexity index is 360. The Labute approximate surface area is 115 Å². The van der Waals surface area contributed by atoms with Gasteiger partial charge in [0.2, 0.25) is 0 Å². The predicted octanol–water partition coefficient (Wildman–Crippen LogP) is 2.75. The van der Waals surface area contributed by atoms with Crippen LogP contribution in [0.2, 0.25) is 0 Å². The van der Waals surface area contributed by atoms with Crippen molar-refractivity contribution in [2.75, 3.05) is 26.2 Å². The first-order chi connectivity index (χ1) is 9.29. The average Bonchev–Trinajstić information content (AvgIpc) is 2.46. The van der Waals surface area contributed by atoms with Gasteiger partial charge in [-0.1, -0.05) is 13.3 Å². The van der Waals surface area contributed by atoms with Crippen molar-refractivity contribution in [3.8, 4) is 0 Å². The lowest BCUT2D eigenvalue weighted by Crippen LogP contribution is -2.37. The van der Waals surface area contributed by atoms with Crippen LogP contribution in [0.15, 0.2) is 18.3 Å². The topological polar surface area (TPSA) is 28.2 Å². The van der Waals surface area contributed by atoms with Gasteiger partial charge in [0.15, 0.2) is 0 Å². The van der Waals surface area contributed by atoms with Crippen molar-refractivity contribution in [2.24, 2.45) is 0 Å². The number of rotatable bonds is 6. The summed E-state index contributed by atoms with van der Waals surface area (Å²) in [5.74, 6) is -0.271. The van der Waals surface area contributed by atoms with Gasteiger partial charge in [-0.3, -0.25) is 4.98 Å². The number of hydrogen-bond donors (Lipinski definition) is 1. The molecule has 1 aromatic heterocycles. The lowest BCUT2D eigenvalue weighted by Gasteiger charge is -2.27. The maximum absolute atomic E-state index is 12.9. The second-order valence-corrected chi connectivity index (χ2v) is 5.22. The van der Waals surface area contributed by atoms with E-state index in [4.69, 9.17) is 0 Å². The van der Waals surface area contributed by atoms with Crippen molar-refractivity contribution >= 4 is 0 Å². The van der Waals surface area contributed by atoms with Gasteiger partial charge in [-0.25, -0.2) is 4.39 Å². The van der Waals surface area contributed by atoms with Crippen LogP contribution in [-0.4, -0.2) is 36.1 Å². The Morgan fingerprint density at radius 2 is 2.11 bits per heavy atom. The highest BCUT2D eigenvalue weighted by Gasteiger charge is 2.12. The largest absolute Gasteiger partial charge is 0.307 e. The van der Waals surface area contributed by atoms with Gasteiger partial charge in [0.1, 0.15) is 5.82 Å². The van der Waals surface area contributed by atoms with Crippen molar-refractivity contribution in [2.45, 2.75) is 38.6 Å². The lowest BCUT2D eigenvalue weighted by molar-refractivity contribution is 0.225. The summed E-state index contributed by atoms with van der Waals surface area (Å²) in [6, 6.07) is 3.49. The van der Waals surface area contributed by atoms with E-state index in [1.54, 1.807) is 6.07 Å². The van der Waals surface area contributed by atoms with Gasteiger partial charge in [0, 0.05) is 19.1 Å². The lowest BCUT2D eigenvalue weighted by atomic mass is 10.1. The van der Waals surface area contributed by atoms with E-state index in [0.29, 0.717) is 0 Å². The fraction of sp³-hybridized carbons (Fsp3) is 0.667. The second kappa shape index (κ2) is 7.56. The van der Waals surface area contributed by atoms with Crippen molar-refractivity contribution in [3.63, 3.8) is 0 Å². The molecule has 0 amide bonds. The van der Waals surface area contributed by atoms with E-state index in [1.165, 1.54) is 44.6 Å². The molecule has 2 heterocycles. The van der Waals surface area contributed by atoms with E-state index in [2.05, 4.69) is 22.1 Å². The minimum Gasteiger partial charge on any atom is -0.307 e. The van der Waals surface area contributed by atoms with Crippen LogP contribution in [0.4, 0.5) is 4.39 Å². The van der Waals surface area contributed by atoms with Gasteiger partial charge in [-0.05, 0) is 44.5 Å². The van der Waals surface area contributed by atoms with Crippen molar-refractivity contribution in [1.29, 1.82) is 0 Å². The highest BCUT2D eigenvalue weighted by atomic mass is 19.1. The fourth-order valence-corrected chi connectivity index (χ4v) is 2.63. The maximum atomic E-state index is 12.9. The molecule has 1 unspecified atom stereocenters. The molecule has 106 valence electrons. The first-order valence-electron chi connectivity index (χ1n) is 7.37. The Hall–Kier alpha value is -1.00. The van der Waals surface area contributed by atoms with E-state index >= 15 is 0 Å². The van der Waals surface area contributed by atoms with Crippen molar-refractivity contribution in [1.82, 2.24) is 15.2 Å². The van der Waals surface area contributed by atoms with Crippen LogP contribution in [0.3, 0.4) is 0 Å². The standard InChI is InChI=1S/C15H24FN3/c1-2-14(15-7-6-13(16)12-18-15)17-8-11-19-9-4-3-5-10-19/h6-7,12,14,17H,2-5,8-11H2,1H3. The van der Waals surface area contributed by atoms with E-state index < -0.39 is 0 Å². The molecular weight excluding hydrogens is 241 g/mol. The zero-order valence-electron chi connectivity index (χ0n) is 11.7. The molecule has 19 heavy (non-hydrogen) atoms. The zero-order chi connectivity index (χ0) is 13.5. The number of piperidine rings is 1. The number of likely N-dealkylation sites (tertiary alicyclic amines) is 1. The number of nitrogens with one attached hydrogen (secondary N) is 1. The summed E-state index contributed by atoms with van der Waals surface area (Å²) in [6.07, 6.45) is 6.30. The van der Waals surface area contributed by atoms with Gasteiger partial charge in [0.25, 0.3) is 0 Å². The van der Waals surface area contributed by atoms with E-state index in [1.807, 2.05) is 0 Å². The SMILES string of the molecule is CCC(NCCN1CCCCC1)c1ccc(F)cn1. The molecule has 0 aromatic carbocycles. The summed E-state index contributed by atoms with van der Waals surface area (Å²) in [6.45, 7) is 6.65. The quantitative estimate of drug-likeness (QED) is 0.857. The van der Waals surface area contributed by atoms with Crippen LogP contribution in [0.5, 0.6) is 0 Å². The maximum Gasteiger partial charge on any atom is 0.141 e. The molecule has 1 atom stereocenters. The van der Waals surface area contributed by atoms with E-state index in [9.17, 15) is 4.39 Å². The summed E-state index contributed by atoms with van der Waals surface area (Å²) >= 11 is 0. The minimum atomic E-state index is -0.271. The summed E-state index contributed by atoms with van der Waals surface area (Å²) in [7, 11) is 0. The normalized spacial score (nSPS) is 18.4. The summed E-state index contributed by atoms with van der Waals surface area (Å²) < 4.78 is 12.9. The fourth-order valence-electron chi connectivity index (χ4n) is 2.63. The highest BCUT2D eigenvalue weighted by Crippen LogP contribution is 2.14. The minimum absolute atomic E-state index is 0.227. The molecule has 1 aliphatic heterocycles. The Morgan fingerprint density at radius 3 is 2.74 bits per heavy atom. The van der Waals surface area contributed by atoms with E-state index in [0.717, 1.165) is 25.2 Å². The monoisotopic (exact) mass is 265 g/mol. The molecule has 0 aliphatic carbocycles. The molecule has 0 bridgehead atoms. The molecule has 0 saturated carbocycles. The van der Waals surface area contributed by atoms with Crippen LogP contribution in [0.1, 0.15) is 44.3 Å². The molecule has 1 aliphatic rings. The van der Waals surface area contributed by atoms with Gasteiger partial charge < -0.3 is 10.2 Å². The second-order valence-electron chi connectivity index (χ2n) is 5.22. The summed E-state index contributed by atoms with van der Waals surface area (Å²) in [5.41, 5.74) is 0.933. The highest BCUT2D eigenvalue weighted by molar-refractivity contribution is 5.09. The Kier molecular flexibility index (Phi) is 5.73. The molecular formula is C15H24FN3. The van der Waals surface area contributed by atoms with Gasteiger partial charge in [-0.2, -0.15) is 0 Å². The zero-order valence-corrected chi connectivity index (χ0v) is 11.7. The molecule has 1 saturated heterocycles. The number of aromatic nitrogens is 1.